The Kier molecular flexibility index (Phi) is 6.38. The number of hydrogen-bond donors (Lipinski definition) is 1. The van der Waals surface area contributed by atoms with Crippen LogP contribution in [0.15, 0.2) is 23.4 Å². The molecule has 0 radical (unpaired) electrons. The van der Waals surface area contributed by atoms with Crippen LogP contribution in [-0.2, 0) is 0 Å². The van der Waals surface area contributed by atoms with E-state index in [1.54, 1.807) is 6.21 Å². The fourth-order valence-corrected chi connectivity index (χ4v) is 1.40. The second kappa shape index (κ2) is 8.16. The molecule has 0 aliphatic carbocycles. The van der Waals surface area contributed by atoms with Crippen molar-refractivity contribution in [3.05, 3.63) is 28.4 Å². The third kappa shape index (κ3) is 5.38. The van der Waals surface area contributed by atoms with Crippen LogP contribution in [0.25, 0.3) is 0 Å². The summed E-state index contributed by atoms with van der Waals surface area (Å²) in [6.07, 6.45) is 8.77. The maximum atomic E-state index is 10.4. The van der Waals surface area contributed by atoms with Gasteiger partial charge in [-0.1, -0.05) is 26.2 Å². The van der Waals surface area contributed by atoms with Gasteiger partial charge < -0.3 is 0 Å². The van der Waals surface area contributed by atoms with E-state index in [1.165, 1.54) is 37.6 Å². The van der Waals surface area contributed by atoms with E-state index in [0.29, 0.717) is 5.82 Å². The van der Waals surface area contributed by atoms with Crippen molar-refractivity contribution >= 4 is 17.7 Å². The minimum atomic E-state index is -0.478. The number of nitrogens with zero attached hydrogens (tertiary/aromatic N) is 3. The summed E-state index contributed by atoms with van der Waals surface area (Å²) in [7, 11) is 0. The van der Waals surface area contributed by atoms with Crippen molar-refractivity contribution in [2.24, 2.45) is 5.10 Å². The zero-order valence-corrected chi connectivity index (χ0v) is 10.5. The van der Waals surface area contributed by atoms with Gasteiger partial charge in [-0.25, -0.2) is 4.98 Å². The second-order valence-corrected chi connectivity index (χ2v) is 3.93. The highest BCUT2D eigenvalue weighted by Gasteiger charge is 2.03. The van der Waals surface area contributed by atoms with Gasteiger partial charge in [0, 0.05) is 12.3 Å². The Morgan fingerprint density at radius 3 is 2.89 bits per heavy atom. The third-order valence-electron chi connectivity index (χ3n) is 2.42. The lowest BCUT2D eigenvalue weighted by Gasteiger charge is -1.98. The van der Waals surface area contributed by atoms with Gasteiger partial charge in [-0.15, -0.1) is 0 Å². The molecule has 1 aromatic rings. The van der Waals surface area contributed by atoms with Crippen molar-refractivity contribution < 1.29 is 4.92 Å². The topological polar surface area (TPSA) is 80.4 Å². The smallest absolute Gasteiger partial charge is 0.262 e. The summed E-state index contributed by atoms with van der Waals surface area (Å²) in [5.41, 5.74) is 2.71. The first-order valence-corrected chi connectivity index (χ1v) is 6.12. The van der Waals surface area contributed by atoms with E-state index in [1.807, 2.05) is 0 Å². The number of rotatable bonds is 8. The summed E-state index contributed by atoms with van der Waals surface area (Å²) in [6, 6.07) is 2.93. The van der Waals surface area contributed by atoms with Gasteiger partial charge in [0.1, 0.15) is 12.0 Å². The average molecular weight is 250 g/mol. The number of hydrogen-bond acceptors (Lipinski definition) is 5. The van der Waals surface area contributed by atoms with E-state index in [9.17, 15) is 10.1 Å². The Morgan fingerprint density at radius 1 is 1.44 bits per heavy atom. The molecule has 0 fully saturated rings. The van der Waals surface area contributed by atoms with Crippen LogP contribution >= 0.6 is 0 Å². The zero-order chi connectivity index (χ0) is 13.2. The van der Waals surface area contributed by atoms with Gasteiger partial charge in [-0.3, -0.25) is 15.5 Å². The van der Waals surface area contributed by atoms with Crippen LogP contribution in [-0.4, -0.2) is 16.1 Å². The first kappa shape index (κ1) is 14.1. The van der Waals surface area contributed by atoms with Gasteiger partial charge in [0.2, 0.25) is 0 Å². The molecular weight excluding hydrogens is 232 g/mol. The van der Waals surface area contributed by atoms with Gasteiger partial charge in [0.15, 0.2) is 0 Å². The van der Waals surface area contributed by atoms with Crippen LogP contribution in [0.5, 0.6) is 0 Å². The molecule has 0 atom stereocenters. The zero-order valence-electron chi connectivity index (χ0n) is 10.5. The summed E-state index contributed by atoms with van der Waals surface area (Å²) < 4.78 is 0. The van der Waals surface area contributed by atoms with E-state index < -0.39 is 4.92 Å². The molecule has 0 unspecified atom stereocenters. The van der Waals surface area contributed by atoms with Gasteiger partial charge in [-0.05, 0) is 18.9 Å². The average Bonchev–Trinajstić information content (AvgIpc) is 2.38. The maximum absolute atomic E-state index is 10.4. The Labute approximate surface area is 106 Å². The molecule has 6 nitrogen and oxygen atoms in total. The molecule has 0 spiro atoms. The Bertz CT molecular complexity index is 390. The second-order valence-electron chi connectivity index (χ2n) is 3.93. The van der Waals surface area contributed by atoms with Gasteiger partial charge in [0.25, 0.3) is 5.69 Å². The lowest BCUT2D eigenvalue weighted by atomic mass is 10.2. The first-order valence-electron chi connectivity index (χ1n) is 6.12. The van der Waals surface area contributed by atoms with Crippen LogP contribution in [0.2, 0.25) is 0 Å². The van der Waals surface area contributed by atoms with E-state index >= 15 is 0 Å². The number of nitrogens with one attached hydrogen (secondary N) is 1. The minimum Gasteiger partial charge on any atom is -0.262 e. The van der Waals surface area contributed by atoms with E-state index in [0.717, 1.165) is 12.8 Å². The van der Waals surface area contributed by atoms with Crippen LogP contribution in [0.4, 0.5) is 11.5 Å². The number of anilines is 1. The highest BCUT2D eigenvalue weighted by molar-refractivity contribution is 5.58. The molecule has 0 bridgehead atoms. The van der Waals surface area contributed by atoms with E-state index in [-0.39, 0.29) is 5.69 Å². The number of hydrazone groups is 1. The van der Waals surface area contributed by atoms with Gasteiger partial charge in [-0.2, -0.15) is 5.10 Å². The van der Waals surface area contributed by atoms with Crippen LogP contribution < -0.4 is 5.43 Å². The SMILES string of the molecule is CCCCCC/C=N\Nc1ccc([N+](=O)[O-])cn1. The third-order valence-corrected chi connectivity index (χ3v) is 2.42. The molecule has 0 saturated carbocycles. The lowest BCUT2D eigenvalue weighted by Crippen LogP contribution is -1.94. The maximum Gasteiger partial charge on any atom is 0.287 e. The monoisotopic (exact) mass is 250 g/mol. The highest BCUT2D eigenvalue weighted by atomic mass is 16.6. The van der Waals surface area contributed by atoms with Crippen molar-refractivity contribution in [1.29, 1.82) is 0 Å². The summed E-state index contributed by atoms with van der Waals surface area (Å²) in [5.74, 6) is 0.505. The quantitative estimate of drug-likeness (QED) is 0.332. The summed E-state index contributed by atoms with van der Waals surface area (Å²) in [4.78, 5) is 13.8. The summed E-state index contributed by atoms with van der Waals surface area (Å²) in [6.45, 7) is 2.18. The Morgan fingerprint density at radius 2 is 2.28 bits per heavy atom. The summed E-state index contributed by atoms with van der Waals surface area (Å²) in [5, 5.41) is 14.4. The molecule has 0 aliphatic rings. The molecule has 1 rings (SSSR count). The van der Waals surface area contributed by atoms with Crippen LogP contribution in [0.3, 0.4) is 0 Å². The van der Waals surface area contributed by atoms with Crippen molar-refractivity contribution in [2.45, 2.75) is 39.0 Å². The molecule has 0 amide bonds. The first-order chi connectivity index (χ1) is 8.74. The molecule has 0 saturated heterocycles. The number of pyridine rings is 1. The predicted octanol–water partition coefficient (Wildman–Crippen LogP) is 3.36. The van der Waals surface area contributed by atoms with Crippen molar-refractivity contribution in [3.63, 3.8) is 0 Å². The fourth-order valence-electron chi connectivity index (χ4n) is 1.40. The largest absolute Gasteiger partial charge is 0.287 e. The lowest BCUT2D eigenvalue weighted by molar-refractivity contribution is -0.385. The fraction of sp³-hybridized carbons (Fsp3) is 0.500. The summed E-state index contributed by atoms with van der Waals surface area (Å²) >= 11 is 0. The Balaban J connectivity index is 2.26. The molecule has 1 aromatic heterocycles. The molecule has 18 heavy (non-hydrogen) atoms. The normalized spacial score (nSPS) is 10.7. The molecule has 0 aliphatic heterocycles. The van der Waals surface area contributed by atoms with Crippen LogP contribution in [0, 0.1) is 10.1 Å². The molecule has 0 aromatic carbocycles. The molecular formula is C12H18N4O2. The van der Waals surface area contributed by atoms with E-state index in [2.05, 4.69) is 22.4 Å². The van der Waals surface area contributed by atoms with Crippen molar-refractivity contribution in [2.75, 3.05) is 5.43 Å². The molecule has 1 heterocycles. The van der Waals surface area contributed by atoms with Crippen molar-refractivity contribution in [1.82, 2.24) is 4.98 Å². The Hall–Kier alpha value is -1.98. The highest BCUT2D eigenvalue weighted by Crippen LogP contribution is 2.11. The molecule has 1 N–H and O–H groups in total. The predicted molar refractivity (Wildman–Crippen MR) is 71.8 cm³/mol. The van der Waals surface area contributed by atoms with Gasteiger partial charge >= 0.3 is 0 Å². The van der Waals surface area contributed by atoms with Gasteiger partial charge in [0.05, 0.1) is 4.92 Å². The van der Waals surface area contributed by atoms with Crippen molar-refractivity contribution in [3.8, 4) is 0 Å². The molecule has 6 heteroatoms. The molecule has 98 valence electrons. The standard InChI is InChI=1S/C12H18N4O2/c1-2-3-4-5-6-9-14-15-12-8-7-11(10-13-12)16(17)18/h7-10H,2-6H2,1H3,(H,13,15)/b14-9-. The number of unbranched alkanes of at least 4 members (excludes halogenated alkanes) is 4. The number of nitro groups is 1. The van der Waals surface area contributed by atoms with E-state index in [4.69, 9.17) is 0 Å². The van der Waals surface area contributed by atoms with Crippen LogP contribution in [0.1, 0.15) is 39.0 Å². The minimum absolute atomic E-state index is 0.0240. The number of aromatic nitrogens is 1.